The molecule has 10 heteroatoms. The van der Waals surface area contributed by atoms with Crippen molar-refractivity contribution in [2.24, 2.45) is 0 Å². The third kappa shape index (κ3) is 8.98. The SMILES string of the molecule is CN[C@H]1CSc2ccc(C(=O)NCc3ccc(OCCCCCNC(C)=O)cc3)cc2N(Cc2ccc(Cl)cc2)C1=O. The van der Waals surface area contributed by atoms with Gasteiger partial charge in [-0.1, -0.05) is 35.9 Å². The smallest absolute Gasteiger partial charge is 0.251 e. The number of nitrogens with one attached hydrogen (secondary N) is 3. The molecule has 222 valence electrons. The Labute approximate surface area is 256 Å². The Hall–Kier alpha value is -3.53. The number of carbonyl (C=O) groups excluding carboxylic acids is 3. The van der Waals surface area contributed by atoms with E-state index in [9.17, 15) is 14.4 Å². The van der Waals surface area contributed by atoms with Crippen LogP contribution in [0.2, 0.25) is 5.02 Å². The second-order valence-electron chi connectivity index (χ2n) is 10.1. The molecule has 1 atom stereocenters. The summed E-state index contributed by atoms with van der Waals surface area (Å²) in [5, 5.41) is 9.54. The number of fused-ring (bicyclic) bond motifs is 1. The number of hydrogen-bond acceptors (Lipinski definition) is 6. The standard InChI is InChI=1S/C32H37ClN4O4S/c1-22(38)35-16-4-3-5-17-41-27-13-8-23(9-14-27)19-36-31(39)25-10-15-30-29(18-25)37(32(40)28(34-2)21-42-30)20-24-6-11-26(33)12-7-24/h6-15,18,28,34H,3-5,16-17,19-21H2,1-2H3,(H,35,38)(H,36,39)/t28-/m0/s1. The maximum atomic E-state index is 13.5. The summed E-state index contributed by atoms with van der Waals surface area (Å²) in [6, 6.07) is 20.3. The number of anilines is 1. The van der Waals surface area contributed by atoms with E-state index in [4.69, 9.17) is 16.3 Å². The number of amides is 3. The van der Waals surface area contributed by atoms with Crippen LogP contribution in [-0.2, 0) is 22.7 Å². The minimum Gasteiger partial charge on any atom is -0.494 e. The monoisotopic (exact) mass is 608 g/mol. The van der Waals surface area contributed by atoms with Crippen LogP contribution >= 0.6 is 23.4 Å². The molecule has 0 spiro atoms. The molecule has 42 heavy (non-hydrogen) atoms. The Morgan fingerprint density at radius 3 is 2.43 bits per heavy atom. The van der Waals surface area contributed by atoms with Crippen molar-refractivity contribution >= 4 is 46.8 Å². The third-order valence-corrected chi connectivity index (χ3v) is 8.33. The first-order valence-electron chi connectivity index (χ1n) is 14.1. The lowest BCUT2D eigenvalue weighted by Crippen LogP contribution is -2.45. The highest BCUT2D eigenvalue weighted by molar-refractivity contribution is 7.99. The topological polar surface area (TPSA) is 99.8 Å². The Balaban J connectivity index is 1.35. The van der Waals surface area contributed by atoms with Gasteiger partial charge >= 0.3 is 0 Å². The van der Waals surface area contributed by atoms with E-state index in [2.05, 4.69) is 16.0 Å². The summed E-state index contributed by atoms with van der Waals surface area (Å²) in [5.74, 6) is 1.12. The highest BCUT2D eigenvalue weighted by atomic mass is 35.5. The molecule has 3 amide bonds. The number of likely N-dealkylation sites (N-methyl/N-ethyl adjacent to an activating group) is 1. The molecular formula is C32H37ClN4O4S. The second kappa shape index (κ2) is 15.6. The quantitative estimate of drug-likeness (QED) is 0.231. The van der Waals surface area contributed by atoms with E-state index < -0.39 is 0 Å². The summed E-state index contributed by atoms with van der Waals surface area (Å²) in [6.45, 7) is 3.56. The molecule has 1 aliphatic rings. The van der Waals surface area contributed by atoms with Crippen molar-refractivity contribution in [2.75, 3.05) is 30.9 Å². The average Bonchev–Trinajstić information content (AvgIpc) is 3.12. The Bertz CT molecular complexity index is 1370. The van der Waals surface area contributed by atoms with Crippen molar-refractivity contribution in [3.8, 4) is 5.75 Å². The zero-order valence-electron chi connectivity index (χ0n) is 24.0. The Kier molecular flexibility index (Phi) is 11.7. The van der Waals surface area contributed by atoms with Gasteiger partial charge in [0.2, 0.25) is 11.8 Å². The van der Waals surface area contributed by atoms with Gasteiger partial charge in [-0.3, -0.25) is 14.4 Å². The molecule has 4 rings (SSSR count). The lowest BCUT2D eigenvalue weighted by molar-refractivity contribution is -0.120. The molecule has 0 saturated heterocycles. The first-order valence-corrected chi connectivity index (χ1v) is 15.4. The predicted molar refractivity (Wildman–Crippen MR) is 168 cm³/mol. The van der Waals surface area contributed by atoms with Crippen LogP contribution in [0.15, 0.2) is 71.6 Å². The average molecular weight is 609 g/mol. The normalized spacial score (nSPS) is 14.6. The number of halogens is 1. The molecule has 0 unspecified atom stereocenters. The maximum Gasteiger partial charge on any atom is 0.251 e. The lowest BCUT2D eigenvalue weighted by Gasteiger charge is -2.26. The molecule has 1 aliphatic heterocycles. The predicted octanol–water partition coefficient (Wildman–Crippen LogP) is 5.18. The fourth-order valence-corrected chi connectivity index (χ4v) is 5.79. The number of nitrogens with zero attached hydrogens (tertiary/aromatic N) is 1. The zero-order chi connectivity index (χ0) is 29.9. The van der Waals surface area contributed by atoms with Gasteiger partial charge in [0.25, 0.3) is 5.91 Å². The molecule has 0 aromatic heterocycles. The maximum absolute atomic E-state index is 13.5. The van der Waals surface area contributed by atoms with Gasteiger partial charge in [0.05, 0.1) is 24.9 Å². The van der Waals surface area contributed by atoms with Gasteiger partial charge in [0.15, 0.2) is 0 Å². The minimum absolute atomic E-state index is 0.00374. The summed E-state index contributed by atoms with van der Waals surface area (Å²) in [4.78, 5) is 40.2. The number of ether oxygens (including phenoxy) is 1. The van der Waals surface area contributed by atoms with Crippen molar-refractivity contribution in [3.63, 3.8) is 0 Å². The lowest BCUT2D eigenvalue weighted by atomic mass is 10.1. The van der Waals surface area contributed by atoms with Crippen LogP contribution in [0.4, 0.5) is 5.69 Å². The molecule has 1 heterocycles. The highest BCUT2D eigenvalue weighted by Gasteiger charge is 2.30. The van der Waals surface area contributed by atoms with Crippen LogP contribution in [0.1, 0.15) is 47.7 Å². The van der Waals surface area contributed by atoms with E-state index in [0.29, 0.717) is 42.6 Å². The van der Waals surface area contributed by atoms with Crippen molar-refractivity contribution in [1.82, 2.24) is 16.0 Å². The van der Waals surface area contributed by atoms with Crippen LogP contribution in [0.5, 0.6) is 5.75 Å². The van der Waals surface area contributed by atoms with Crippen LogP contribution in [0.25, 0.3) is 0 Å². The van der Waals surface area contributed by atoms with Crippen molar-refractivity contribution in [3.05, 3.63) is 88.4 Å². The van der Waals surface area contributed by atoms with Crippen LogP contribution in [0.3, 0.4) is 0 Å². The van der Waals surface area contributed by atoms with E-state index in [-0.39, 0.29) is 23.8 Å². The van der Waals surface area contributed by atoms with Crippen LogP contribution in [0, 0.1) is 0 Å². The Morgan fingerprint density at radius 1 is 0.976 bits per heavy atom. The first kappa shape index (κ1) is 31.4. The number of thioether (sulfide) groups is 1. The minimum atomic E-state index is -0.339. The molecule has 3 aromatic carbocycles. The largest absolute Gasteiger partial charge is 0.494 e. The molecular weight excluding hydrogens is 572 g/mol. The van der Waals surface area contributed by atoms with Gasteiger partial charge < -0.3 is 25.6 Å². The van der Waals surface area contributed by atoms with Gasteiger partial charge in [-0.2, -0.15) is 0 Å². The highest BCUT2D eigenvalue weighted by Crippen LogP contribution is 2.36. The fraction of sp³-hybridized carbons (Fsp3) is 0.344. The van der Waals surface area contributed by atoms with Gasteiger partial charge in [0, 0.05) is 41.2 Å². The molecule has 0 bridgehead atoms. The Morgan fingerprint density at radius 2 is 1.71 bits per heavy atom. The summed E-state index contributed by atoms with van der Waals surface area (Å²) >= 11 is 7.67. The number of unbranched alkanes of at least 4 members (excludes halogenated alkanes) is 2. The van der Waals surface area contributed by atoms with Crippen molar-refractivity contribution in [2.45, 2.75) is 50.2 Å². The van der Waals surface area contributed by atoms with E-state index in [0.717, 1.165) is 46.7 Å². The number of benzene rings is 3. The molecule has 3 N–H and O–H groups in total. The van der Waals surface area contributed by atoms with Gasteiger partial charge in [-0.05, 0) is 79.9 Å². The summed E-state index contributed by atoms with van der Waals surface area (Å²) < 4.78 is 5.81. The van der Waals surface area contributed by atoms with Crippen LogP contribution in [-0.4, -0.2) is 49.7 Å². The molecule has 0 radical (unpaired) electrons. The van der Waals surface area contributed by atoms with E-state index in [1.54, 1.807) is 35.8 Å². The summed E-state index contributed by atoms with van der Waals surface area (Å²) in [6.07, 6.45) is 2.82. The number of carbonyl (C=O) groups is 3. The first-order chi connectivity index (χ1) is 20.3. The summed E-state index contributed by atoms with van der Waals surface area (Å²) in [7, 11) is 1.79. The molecule has 8 nitrogen and oxygen atoms in total. The van der Waals surface area contributed by atoms with Gasteiger partial charge in [0.1, 0.15) is 5.75 Å². The summed E-state index contributed by atoms with van der Waals surface area (Å²) in [5.41, 5.74) is 3.11. The number of rotatable bonds is 13. The zero-order valence-corrected chi connectivity index (χ0v) is 25.5. The van der Waals surface area contributed by atoms with Crippen molar-refractivity contribution in [1.29, 1.82) is 0 Å². The molecule has 0 aliphatic carbocycles. The van der Waals surface area contributed by atoms with E-state index in [1.807, 2.05) is 54.6 Å². The van der Waals surface area contributed by atoms with Crippen molar-refractivity contribution < 1.29 is 19.1 Å². The van der Waals surface area contributed by atoms with Gasteiger partial charge in [-0.25, -0.2) is 0 Å². The molecule has 0 saturated carbocycles. The molecule has 3 aromatic rings. The van der Waals surface area contributed by atoms with Gasteiger partial charge in [-0.15, -0.1) is 11.8 Å². The number of hydrogen-bond donors (Lipinski definition) is 3. The molecule has 0 fully saturated rings. The van der Waals surface area contributed by atoms with E-state index in [1.165, 1.54) is 6.92 Å². The fourth-order valence-electron chi connectivity index (χ4n) is 4.53. The van der Waals surface area contributed by atoms with Crippen LogP contribution < -0.4 is 25.6 Å². The third-order valence-electron chi connectivity index (χ3n) is 6.92. The second-order valence-corrected chi connectivity index (χ2v) is 11.6. The van der Waals surface area contributed by atoms with E-state index >= 15 is 0 Å².